The topological polar surface area (TPSA) is 103 Å². The van der Waals surface area contributed by atoms with Crippen LogP contribution in [0.25, 0.3) is 0 Å². The number of nitrogens with zero attached hydrogens (tertiary/aromatic N) is 3. The van der Waals surface area contributed by atoms with Gasteiger partial charge in [-0.05, 0) is 42.3 Å². The van der Waals surface area contributed by atoms with E-state index in [1.54, 1.807) is 18.2 Å². The number of nitrogens with one attached hydrogen (secondary N) is 1. The molecular formula is C22H20F2N4O4. The van der Waals surface area contributed by atoms with Crippen LogP contribution in [-0.2, 0) is 21.7 Å². The van der Waals surface area contributed by atoms with Gasteiger partial charge in [-0.25, -0.2) is 4.79 Å². The number of likely N-dealkylation sites (N-methyl/N-ethyl adjacent to an activating group) is 1. The van der Waals surface area contributed by atoms with Crippen molar-refractivity contribution in [3.63, 3.8) is 0 Å². The largest absolute Gasteiger partial charge is 0.435 e. The number of carbonyl (C=O) groups excluding carboxylic acids is 3. The number of benzene rings is 2. The molecule has 1 saturated heterocycles. The first kappa shape index (κ1) is 22.7. The van der Waals surface area contributed by atoms with Crippen molar-refractivity contribution in [1.82, 2.24) is 15.1 Å². The lowest BCUT2D eigenvalue weighted by molar-refractivity contribution is -0.138. The molecule has 1 aliphatic rings. The van der Waals surface area contributed by atoms with Crippen molar-refractivity contribution in [2.45, 2.75) is 25.6 Å². The van der Waals surface area contributed by atoms with Crippen LogP contribution in [0.2, 0.25) is 0 Å². The van der Waals surface area contributed by atoms with Gasteiger partial charge in [0.1, 0.15) is 17.8 Å². The Morgan fingerprint density at radius 1 is 1.25 bits per heavy atom. The number of ether oxygens (including phenoxy) is 1. The fourth-order valence-electron chi connectivity index (χ4n) is 3.33. The first-order valence-electron chi connectivity index (χ1n) is 9.56. The second-order valence-electron chi connectivity index (χ2n) is 7.41. The number of alkyl halides is 2. The Hall–Kier alpha value is -4.00. The average Bonchev–Trinajstić information content (AvgIpc) is 2.98. The van der Waals surface area contributed by atoms with E-state index in [2.05, 4.69) is 10.1 Å². The van der Waals surface area contributed by atoms with Crippen molar-refractivity contribution in [2.24, 2.45) is 0 Å². The number of amides is 4. The Balaban J connectivity index is 1.67. The van der Waals surface area contributed by atoms with Gasteiger partial charge in [0.25, 0.3) is 5.91 Å². The Bertz CT molecular complexity index is 1080. The van der Waals surface area contributed by atoms with E-state index in [0.717, 1.165) is 4.90 Å². The number of hydrogen-bond donors (Lipinski definition) is 1. The summed E-state index contributed by atoms with van der Waals surface area (Å²) in [5.41, 5.74) is 0.0238. The van der Waals surface area contributed by atoms with Gasteiger partial charge in [0, 0.05) is 13.6 Å². The summed E-state index contributed by atoms with van der Waals surface area (Å²) in [5.74, 6) is -1.10. The predicted molar refractivity (Wildman–Crippen MR) is 108 cm³/mol. The molecule has 10 heteroatoms. The lowest BCUT2D eigenvalue weighted by Crippen LogP contribution is -2.43. The number of halogens is 2. The van der Waals surface area contributed by atoms with E-state index in [4.69, 9.17) is 5.26 Å². The SMILES string of the molecule is CN(Cc1ccc(OC(F)F)cc1)C(=O)CN1C(=O)NC(C)(c2cccc(C#N)c2)C1=O. The maximum absolute atomic E-state index is 13.0. The van der Waals surface area contributed by atoms with Gasteiger partial charge in [-0.15, -0.1) is 0 Å². The van der Waals surface area contributed by atoms with Gasteiger partial charge in [-0.2, -0.15) is 14.0 Å². The maximum atomic E-state index is 13.0. The zero-order chi connectivity index (χ0) is 23.5. The molecule has 1 aliphatic heterocycles. The molecule has 0 bridgehead atoms. The van der Waals surface area contributed by atoms with Crippen molar-refractivity contribution < 1.29 is 27.9 Å². The van der Waals surface area contributed by atoms with Gasteiger partial charge in [0.2, 0.25) is 5.91 Å². The summed E-state index contributed by atoms with van der Waals surface area (Å²) in [6.45, 7) is -1.75. The molecule has 0 saturated carbocycles. The molecule has 2 aromatic carbocycles. The average molecular weight is 442 g/mol. The van der Waals surface area contributed by atoms with Crippen LogP contribution in [0.15, 0.2) is 48.5 Å². The number of carbonyl (C=O) groups is 3. The van der Waals surface area contributed by atoms with Crippen LogP contribution < -0.4 is 10.1 Å². The van der Waals surface area contributed by atoms with Crippen LogP contribution in [0.4, 0.5) is 13.6 Å². The highest BCUT2D eigenvalue weighted by Crippen LogP contribution is 2.29. The summed E-state index contributed by atoms with van der Waals surface area (Å²) >= 11 is 0. The lowest BCUT2D eigenvalue weighted by Gasteiger charge is -2.23. The summed E-state index contributed by atoms with van der Waals surface area (Å²) in [6.07, 6.45) is 0. The smallest absolute Gasteiger partial charge is 0.387 e. The Labute approximate surface area is 183 Å². The van der Waals surface area contributed by atoms with Gasteiger partial charge in [0.15, 0.2) is 0 Å². The van der Waals surface area contributed by atoms with Crippen molar-refractivity contribution >= 4 is 17.8 Å². The summed E-state index contributed by atoms with van der Waals surface area (Å²) in [5, 5.41) is 11.7. The standard InChI is InChI=1S/C22H20F2N4O4/c1-22(16-5-3-4-15(10-16)11-25)19(30)28(21(31)26-22)13-18(29)27(2)12-14-6-8-17(9-7-14)32-20(23)24/h3-10,20H,12-13H2,1-2H3,(H,26,31). The summed E-state index contributed by atoms with van der Waals surface area (Å²) in [7, 11) is 1.50. The van der Waals surface area contributed by atoms with Crippen LogP contribution in [0.1, 0.15) is 23.6 Å². The molecule has 8 nitrogen and oxygen atoms in total. The fraction of sp³-hybridized carbons (Fsp3) is 0.273. The van der Waals surface area contributed by atoms with Crippen molar-refractivity contribution in [3.8, 4) is 11.8 Å². The lowest BCUT2D eigenvalue weighted by atomic mass is 9.91. The minimum atomic E-state index is -2.93. The first-order chi connectivity index (χ1) is 15.1. The summed E-state index contributed by atoms with van der Waals surface area (Å²) in [4.78, 5) is 40.2. The van der Waals surface area contributed by atoms with E-state index in [0.29, 0.717) is 16.7 Å². The number of imide groups is 1. The van der Waals surface area contributed by atoms with Crippen LogP contribution >= 0.6 is 0 Å². The second kappa shape index (κ2) is 9.01. The van der Waals surface area contributed by atoms with Gasteiger partial charge in [0.05, 0.1) is 11.6 Å². The van der Waals surface area contributed by atoms with Crippen LogP contribution in [-0.4, -0.2) is 47.8 Å². The molecule has 2 aromatic rings. The molecule has 0 spiro atoms. The summed E-state index contributed by atoms with van der Waals surface area (Å²) in [6, 6.07) is 13.4. The van der Waals surface area contributed by atoms with Crippen LogP contribution in [0, 0.1) is 11.3 Å². The van der Waals surface area contributed by atoms with Crippen LogP contribution in [0.3, 0.4) is 0 Å². The molecule has 1 atom stereocenters. The molecule has 0 radical (unpaired) electrons. The normalized spacial score (nSPS) is 17.8. The zero-order valence-corrected chi connectivity index (χ0v) is 17.3. The Morgan fingerprint density at radius 3 is 2.56 bits per heavy atom. The number of urea groups is 1. The third-order valence-corrected chi connectivity index (χ3v) is 5.13. The third kappa shape index (κ3) is 4.67. The number of nitriles is 1. The maximum Gasteiger partial charge on any atom is 0.387 e. The minimum absolute atomic E-state index is 0.00295. The third-order valence-electron chi connectivity index (χ3n) is 5.13. The molecule has 1 heterocycles. The minimum Gasteiger partial charge on any atom is -0.435 e. The summed E-state index contributed by atoms with van der Waals surface area (Å²) < 4.78 is 28.8. The highest BCUT2D eigenvalue weighted by atomic mass is 19.3. The monoisotopic (exact) mass is 442 g/mol. The number of rotatable bonds is 7. The molecule has 4 amide bonds. The van der Waals surface area contributed by atoms with Gasteiger partial charge in [-0.3, -0.25) is 14.5 Å². The van der Waals surface area contributed by atoms with Gasteiger partial charge in [-0.1, -0.05) is 24.3 Å². The molecular weight excluding hydrogens is 422 g/mol. The molecule has 166 valence electrons. The van der Waals surface area contributed by atoms with E-state index < -0.39 is 36.5 Å². The second-order valence-corrected chi connectivity index (χ2v) is 7.41. The quantitative estimate of drug-likeness (QED) is 0.664. The molecule has 1 fully saturated rings. The number of hydrogen-bond acceptors (Lipinski definition) is 5. The van der Waals surface area contributed by atoms with Crippen molar-refractivity contribution in [1.29, 1.82) is 5.26 Å². The van der Waals surface area contributed by atoms with E-state index >= 15 is 0 Å². The Kier molecular flexibility index (Phi) is 6.39. The molecule has 3 rings (SSSR count). The van der Waals surface area contributed by atoms with Crippen molar-refractivity contribution in [3.05, 3.63) is 65.2 Å². The van der Waals surface area contributed by atoms with Gasteiger partial charge >= 0.3 is 12.6 Å². The molecule has 1 unspecified atom stereocenters. The van der Waals surface area contributed by atoms with Gasteiger partial charge < -0.3 is 15.0 Å². The highest BCUT2D eigenvalue weighted by molar-refractivity contribution is 6.09. The van der Waals surface area contributed by atoms with E-state index in [1.165, 1.54) is 49.2 Å². The molecule has 0 aromatic heterocycles. The van der Waals surface area contributed by atoms with Crippen molar-refractivity contribution in [2.75, 3.05) is 13.6 Å². The Morgan fingerprint density at radius 2 is 1.94 bits per heavy atom. The molecule has 1 N–H and O–H groups in total. The predicted octanol–water partition coefficient (Wildman–Crippen LogP) is 2.59. The van der Waals surface area contributed by atoms with E-state index in [-0.39, 0.29) is 12.3 Å². The van der Waals surface area contributed by atoms with E-state index in [9.17, 15) is 23.2 Å². The molecule has 0 aliphatic carbocycles. The highest BCUT2D eigenvalue weighted by Gasteiger charge is 2.49. The fourth-order valence-corrected chi connectivity index (χ4v) is 3.33. The first-order valence-corrected chi connectivity index (χ1v) is 9.56. The zero-order valence-electron chi connectivity index (χ0n) is 17.3. The molecule has 32 heavy (non-hydrogen) atoms. The van der Waals surface area contributed by atoms with Crippen LogP contribution in [0.5, 0.6) is 5.75 Å². The van der Waals surface area contributed by atoms with E-state index in [1.807, 2.05) is 6.07 Å².